The molecule has 1 aromatic heterocycles. The minimum atomic E-state index is 0.0349. The summed E-state index contributed by atoms with van der Waals surface area (Å²) < 4.78 is 11.2. The van der Waals surface area contributed by atoms with Gasteiger partial charge in [0.1, 0.15) is 19.0 Å². The number of pyridine rings is 1. The molecule has 6 nitrogen and oxygen atoms in total. The molecule has 0 N–H and O–H groups in total. The Labute approximate surface area is 153 Å². The number of nitrogens with zero attached hydrogens (tertiary/aromatic N) is 3. The van der Waals surface area contributed by atoms with E-state index < -0.39 is 0 Å². The predicted octanol–water partition coefficient (Wildman–Crippen LogP) is 2.90. The zero-order valence-electron chi connectivity index (χ0n) is 15.1. The Morgan fingerprint density at radius 1 is 1.15 bits per heavy atom. The molecule has 2 aliphatic rings. The van der Waals surface area contributed by atoms with Gasteiger partial charge >= 0.3 is 0 Å². The smallest absolute Gasteiger partial charge is 0.254 e. The minimum Gasteiger partial charge on any atom is -0.486 e. The first-order valence-electron chi connectivity index (χ1n) is 8.97. The van der Waals surface area contributed by atoms with Gasteiger partial charge in [-0.25, -0.2) is 4.98 Å². The van der Waals surface area contributed by atoms with E-state index in [1.54, 1.807) is 6.07 Å². The molecule has 6 heteroatoms. The van der Waals surface area contributed by atoms with E-state index in [0.29, 0.717) is 30.3 Å². The quantitative estimate of drug-likeness (QED) is 0.849. The van der Waals surface area contributed by atoms with Gasteiger partial charge in [0.2, 0.25) is 0 Å². The molecule has 1 atom stereocenters. The number of hydrogen-bond acceptors (Lipinski definition) is 5. The number of hydrogen-bond donors (Lipinski definition) is 0. The summed E-state index contributed by atoms with van der Waals surface area (Å²) in [5.41, 5.74) is 1.77. The van der Waals surface area contributed by atoms with Crippen molar-refractivity contribution in [1.29, 1.82) is 0 Å². The highest BCUT2D eigenvalue weighted by Crippen LogP contribution is 2.36. The predicted molar refractivity (Wildman–Crippen MR) is 99.0 cm³/mol. The Morgan fingerprint density at radius 2 is 1.96 bits per heavy atom. The number of fused-ring (bicyclic) bond motifs is 1. The van der Waals surface area contributed by atoms with Gasteiger partial charge < -0.3 is 19.3 Å². The van der Waals surface area contributed by atoms with E-state index in [2.05, 4.69) is 11.1 Å². The van der Waals surface area contributed by atoms with Crippen LogP contribution in [-0.2, 0) is 0 Å². The number of carbonyl (C=O) groups excluding carboxylic acids is 1. The molecule has 4 rings (SSSR count). The van der Waals surface area contributed by atoms with Gasteiger partial charge in [0.25, 0.3) is 5.91 Å². The average molecular weight is 353 g/mol. The van der Waals surface area contributed by atoms with Crippen molar-refractivity contribution >= 4 is 11.7 Å². The van der Waals surface area contributed by atoms with Crippen LogP contribution in [0.3, 0.4) is 0 Å². The first-order valence-corrected chi connectivity index (χ1v) is 8.97. The summed E-state index contributed by atoms with van der Waals surface area (Å²) in [4.78, 5) is 21.5. The molecule has 1 aromatic carbocycles. The Kier molecular flexibility index (Phi) is 4.41. The lowest BCUT2D eigenvalue weighted by atomic mass is 10.0. The van der Waals surface area contributed by atoms with Crippen molar-refractivity contribution in [2.75, 3.05) is 38.8 Å². The summed E-state index contributed by atoms with van der Waals surface area (Å²) in [5, 5.41) is 0. The van der Waals surface area contributed by atoms with Crippen LogP contribution in [0.1, 0.15) is 34.8 Å². The molecule has 2 aliphatic heterocycles. The Hall–Kier alpha value is -2.76. The lowest BCUT2D eigenvalue weighted by Crippen LogP contribution is -2.31. The second-order valence-electron chi connectivity index (χ2n) is 6.86. The van der Waals surface area contributed by atoms with Gasteiger partial charge in [-0.1, -0.05) is 0 Å². The van der Waals surface area contributed by atoms with Crippen molar-refractivity contribution in [2.24, 2.45) is 0 Å². The summed E-state index contributed by atoms with van der Waals surface area (Å²) in [6.45, 7) is 1.82. The number of anilines is 1. The molecule has 0 bridgehead atoms. The molecule has 1 saturated heterocycles. The molecule has 0 saturated carbocycles. The first-order chi connectivity index (χ1) is 12.6. The van der Waals surface area contributed by atoms with Crippen LogP contribution in [0.15, 0.2) is 36.5 Å². The maximum Gasteiger partial charge on any atom is 0.254 e. The fourth-order valence-corrected chi connectivity index (χ4v) is 3.58. The third-order valence-corrected chi connectivity index (χ3v) is 4.92. The Bertz CT molecular complexity index is 822. The van der Waals surface area contributed by atoms with Crippen LogP contribution >= 0.6 is 0 Å². The molecule has 1 amide bonds. The van der Waals surface area contributed by atoms with Crippen molar-refractivity contribution in [3.05, 3.63) is 47.7 Å². The Balaban J connectivity index is 1.60. The van der Waals surface area contributed by atoms with E-state index in [9.17, 15) is 4.79 Å². The monoisotopic (exact) mass is 353 g/mol. The largest absolute Gasteiger partial charge is 0.486 e. The summed E-state index contributed by atoms with van der Waals surface area (Å²) in [7, 11) is 3.94. The molecule has 0 radical (unpaired) electrons. The lowest BCUT2D eigenvalue weighted by Gasteiger charge is -2.26. The van der Waals surface area contributed by atoms with Crippen LogP contribution in [0, 0.1) is 0 Å². The number of amides is 1. The highest BCUT2D eigenvalue weighted by molar-refractivity contribution is 5.95. The number of ether oxygens (including phenoxy) is 2. The summed E-state index contributed by atoms with van der Waals surface area (Å²) in [6, 6.07) is 9.60. The van der Waals surface area contributed by atoms with Crippen LogP contribution in [-0.4, -0.2) is 49.6 Å². The van der Waals surface area contributed by atoms with E-state index in [1.165, 1.54) is 0 Å². The topological polar surface area (TPSA) is 54.9 Å². The molecule has 136 valence electrons. The number of carbonyl (C=O) groups is 1. The number of rotatable bonds is 3. The molecule has 1 fully saturated rings. The van der Waals surface area contributed by atoms with Crippen LogP contribution in [0.4, 0.5) is 5.82 Å². The molecular weight excluding hydrogens is 330 g/mol. The van der Waals surface area contributed by atoms with Crippen LogP contribution in [0.25, 0.3) is 0 Å². The van der Waals surface area contributed by atoms with Gasteiger partial charge in [0, 0.05) is 32.4 Å². The van der Waals surface area contributed by atoms with Crippen molar-refractivity contribution in [2.45, 2.75) is 18.9 Å². The lowest BCUT2D eigenvalue weighted by molar-refractivity contribution is 0.0734. The molecule has 2 aromatic rings. The minimum absolute atomic E-state index is 0.0349. The number of benzene rings is 1. The van der Waals surface area contributed by atoms with E-state index in [0.717, 1.165) is 30.8 Å². The van der Waals surface area contributed by atoms with E-state index in [4.69, 9.17) is 9.47 Å². The molecule has 1 unspecified atom stereocenters. The van der Waals surface area contributed by atoms with E-state index >= 15 is 0 Å². The SMILES string of the molecule is CN(C)c1cc(C2CCCN2C(=O)c2ccc3c(c2)OCCO3)ccn1. The zero-order chi connectivity index (χ0) is 18.1. The third kappa shape index (κ3) is 3.07. The van der Waals surface area contributed by atoms with Gasteiger partial charge in [0.05, 0.1) is 6.04 Å². The second-order valence-corrected chi connectivity index (χ2v) is 6.86. The maximum absolute atomic E-state index is 13.1. The van der Waals surface area contributed by atoms with Crippen molar-refractivity contribution in [3.8, 4) is 11.5 Å². The molecular formula is C20H23N3O3. The molecule has 0 spiro atoms. The molecule has 26 heavy (non-hydrogen) atoms. The van der Waals surface area contributed by atoms with Gasteiger partial charge in [-0.3, -0.25) is 4.79 Å². The number of likely N-dealkylation sites (tertiary alicyclic amines) is 1. The fourth-order valence-electron chi connectivity index (χ4n) is 3.58. The molecule has 0 aliphatic carbocycles. The van der Waals surface area contributed by atoms with E-state index in [1.807, 2.05) is 48.3 Å². The van der Waals surface area contributed by atoms with Gasteiger partial charge in [0.15, 0.2) is 11.5 Å². The highest BCUT2D eigenvalue weighted by Gasteiger charge is 2.31. The van der Waals surface area contributed by atoms with Crippen LogP contribution in [0.5, 0.6) is 11.5 Å². The van der Waals surface area contributed by atoms with Crippen LogP contribution < -0.4 is 14.4 Å². The van der Waals surface area contributed by atoms with Gasteiger partial charge in [-0.05, 0) is 48.7 Å². The number of aromatic nitrogens is 1. The van der Waals surface area contributed by atoms with Crippen molar-refractivity contribution in [3.63, 3.8) is 0 Å². The third-order valence-electron chi connectivity index (χ3n) is 4.92. The van der Waals surface area contributed by atoms with Crippen LogP contribution in [0.2, 0.25) is 0 Å². The normalized spacial score (nSPS) is 18.7. The van der Waals surface area contributed by atoms with Crippen molar-refractivity contribution < 1.29 is 14.3 Å². The molecule has 3 heterocycles. The summed E-state index contributed by atoms with van der Waals surface area (Å²) >= 11 is 0. The maximum atomic E-state index is 13.1. The average Bonchev–Trinajstić information content (AvgIpc) is 3.17. The van der Waals surface area contributed by atoms with Crippen molar-refractivity contribution in [1.82, 2.24) is 9.88 Å². The highest BCUT2D eigenvalue weighted by atomic mass is 16.6. The van der Waals surface area contributed by atoms with E-state index in [-0.39, 0.29) is 11.9 Å². The summed E-state index contributed by atoms with van der Waals surface area (Å²) in [5.74, 6) is 2.29. The Morgan fingerprint density at radius 3 is 2.77 bits per heavy atom. The standard InChI is InChI=1S/C20H23N3O3/c1-22(2)19-13-14(7-8-21-19)16-4-3-9-23(16)20(24)15-5-6-17-18(12-15)26-11-10-25-17/h5-8,12-13,16H,3-4,9-11H2,1-2H3. The van der Waals surface area contributed by atoms with Gasteiger partial charge in [-0.15, -0.1) is 0 Å². The second kappa shape index (κ2) is 6.86. The zero-order valence-corrected chi connectivity index (χ0v) is 15.1. The summed E-state index contributed by atoms with van der Waals surface area (Å²) in [6.07, 6.45) is 3.78. The fraction of sp³-hybridized carbons (Fsp3) is 0.400. The van der Waals surface area contributed by atoms with Gasteiger partial charge in [-0.2, -0.15) is 0 Å². The first kappa shape index (κ1) is 16.7.